The summed E-state index contributed by atoms with van der Waals surface area (Å²) in [5, 5.41) is 16.8. The number of aliphatic hydroxyl groups excluding tert-OH is 1. The Kier molecular flexibility index (Phi) is 3.36. The van der Waals surface area contributed by atoms with E-state index >= 15 is 0 Å². The third-order valence-corrected chi connectivity index (χ3v) is 2.66. The minimum atomic E-state index is 0.0935. The first-order valence-electron chi connectivity index (χ1n) is 4.98. The van der Waals surface area contributed by atoms with Gasteiger partial charge in [0, 0.05) is 17.5 Å². The van der Waals surface area contributed by atoms with E-state index in [0.717, 1.165) is 21.4 Å². The molecule has 0 aliphatic carbocycles. The molecule has 1 N–H and O–H groups in total. The third kappa shape index (κ3) is 2.48. The predicted molar refractivity (Wildman–Crippen MR) is 64.6 cm³/mol. The number of aromatic nitrogens is 3. The Balaban J connectivity index is 2.34. The average molecular weight is 282 g/mol. The van der Waals surface area contributed by atoms with Crippen molar-refractivity contribution in [3.8, 4) is 5.69 Å². The topological polar surface area (TPSA) is 50.9 Å². The molecule has 1 aromatic carbocycles. The zero-order chi connectivity index (χ0) is 11.5. The first kappa shape index (κ1) is 11.3. The van der Waals surface area contributed by atoms with Crippen LogP contribution in [0, 0.1) is 6.92 Å². The summed E-state index contributed by atoms with van der Waals surface area (Å²) in [7, 11) is 0. The Labute approximate surface area is 102 Å². The van der Waals surface area contributed by atoms with Gasteiger partial charge in [-0.3, -0.25) is 0 Å². The van der Waals surface area contributed by atoms with E-state index in [1.807, 2.05) is 31.3 Å². The first-order chi connectivity index (χ1) is 7.69. The van der Waals surface area contributed by atoms with Crippen LogP contribution in [0.5, 0.6) is 0 Å². The second-order valence-corrected chi connectivity index (χ2v) is 4.53. The molecular weight excluding hydrogens is 270 g/mol. The smallest absolute Gasteiger partial charge is 0.0854 e. The molecule has 0 fully saturated rings. The fraction of sp³-hybridized carbons (Fsp3) is 0.273. The van der Waals surface area contributed by atoms with E-state index in [-0.39, 0.29) is 6.61 Å². The predicted octanol–water partition coefficient (Wildman–Crippen LogP) is 1.87. The van der Waals surface area contributed by atoms with Gasteiger partial charge in [0.15, 0.2) is 0 Å². The van der Waals surface area contributed by atoms with E-state index < -0.39 is 0 Å². The zero-order valence-corrected chi connectivity index (χ0v) is 10.5. The highest BCUT2D eigenvalue weighted by Gasteiger charge is 2.03. The molecular formula is C11H12BrN3O. The van der Waals surface area contributed by atoms with Gasteiger partial charge in [-0.1, -0.05) is 21.1 Å². The monoisotopic (exact) mass is 281 g/mol. The number of halogens is 1. The highest BCUT2D eigenvalue weighted by molar-refractivity contribution is 9.10. The molecule has 1 heterocycles. The van der Waals surface area contributed by atoms with Crippen molar-refractivity contribution in [1.29, 1.82) is 0 Å². The summed E-state index contributed by atoms with van der Waals surface area (Å²) in [4.78, 5) is 0. The molecule has 0 aliphatic rings. The van der Waals surface area contributed by atoms with Gasteiger partial charge in [-0.05, 0) is 30.7 Å². The largest absolute Gasteiger partial charge is 0.396 e. The zero-order valence-electron chi connectivity index (χ0n) is 8.89. The van der Waals surface area contributed by atoms with Gasteiger partial charge in [0.1, 0.15) is 0 Å². The molecule has 1 aromatic heterocycles. The Bertz CT molecular complexity index is 475. The molecule has 0 atom stereocenters. The Morgan fingerprint density at radius 1 is 1.38 bits per heavy atom. The Hall–Kier alpha value is -1.20. The van der Waals surface area contributed by atoms with Gasteiger partial charge in [-0.25, -0.2) is 4.68 Å². The Morgan fingerprint density at radius 3 is 2.88 bits per heavy atom. The van der Waals surface area contributed by atoms with Gasteiger partial charge < -0.3 is 5.11 Å². The van der Waals surface area contributed by atoms with Crippen LogP contribution >= 0.6 is 15.9 Å². The van der Waals surface area contributed by atoms with Crippen LogP contribution in [0.1, 0.15) is 11.3 Å². The summed E-state index contributed by atoms with van der Waals surface area (Å²) in [6.07, 6.45) is 2.37. The van der Waals surface area contributed by atoms with E-state index in [1.54, 1.807) is 4.68 Å². The van der Waals surface area contributed by atoms with Crippen molar-refractivity contribution in [2.24, 2.45) is 0 Å². The third-order valence-electron chi connectivity index (χ3n) is 2.20. The number of aryl methyl sites for hydroxylation is 1. The van der Waals surface area contributed by atoms with Gasteiger partial charge in [0.2, 0.25) is 0 Å². The lowest BCUT2D eigenvalue weighted by Crippen LogP contribution is -1.95. The lowest BCUT2D eigenvalue weighted by atomic mass is 10.2. The van der Waals surface area contributed by atoms with E-state index in [1.165, 1.54) is 0 Å². The molecule has 0 amide bonds. The van der Waals surface area contributed by atoms with Crippen molar-refractivity contribution < 1.29 is 5.11 Å². The van der Waals surface area contributed by atoms with Crippen LogP contribution in [0.15, 0.2) is 28.9 Å². The highest BCUT2D eigenvalue weighted by Crippen LogP contribution is 2.17. The number of benzene rings is 1. The van der Waals surface area contributed by atoms with Crippen molar-refractivity contribution in [1.82, 2.24) is 15.0 Å². The maximum atomic E-state index is 8.80. The van der Waals surface area contributed by atoms with Gasteiger partial charge in [0.25, 0.3) is 0 Å². The molecule has 0 saturated heterocycles. The van der Waals surface area contributed by atoms with Gasteiger partial charge in [-0.15, -0.1) is 5.10 Å². The summed E-state index contributed by atoms with van der Waals surface area (Å²) < 4.78 is 2.73. The molecule has 84 valence electrons. The van der Waals surface area contributed by atoms with E-state index in [4.69, 9.17) is 5.11 Å². The molecule has 16 heavy (non-hydrogen) atoms. The summed E-state index contributed by atoms with van der Waals surface area (Å²) >= 11 is 3.45. The molecule has 5 heteroatoms. The molecule has 4 nitrogen and oxygen atoms in total. The van der Waals surface area contributed by atoms with Crippen LogP contribution in [0.25, 0.3) is 5.69 Å². The minimum absolute atomic E-state index is 0.0935. The Morgan fingerprint density at radius 2 is 2.19 bits per heavy atom. The fourth-order valence-corrected chi connectivity index (χ4v) is 2.10. The molecule has 0 aliphatic heterocycles. The number of rotatable bonds is 3. The normalized spacial score (nSPS) is 10.7. The van der Waals surface area contributed by atoms with Gasteiger partial charge in [0.05, 0.1) is 17.6 Å². The van der Waals surface area contributed by atoms with E-state index in [2.05, 4.69) is 26.2 Å². The van der Waals surface area contributed by atoms with Crippen molar-refractivity contribution in [2.45, 2.75) is 13.3 Å². The lowest BCUT2D eigenvalue weighted by molar-refractivity contribution is 0.298. The molecule has 0 bridgehead atoms. The van der Waals surface area contributed by atoms with E-state index in [9.17, 15) is 0 Å². The fourth-order valence-electron chi connectivity index (χ4n) is 1.50. The first-order valence-corrected chi connectivity index (χ1v) is 5.78. The van der Waals surface area contributed by atoms with Crippen molar-refractivity contribution in [2.75, 3.05) is 6.61 Å². The second kappa shape index (κ2) is 4.76. The van der Waals surface area contributed by atoms with Crippen LogP contribution in [-0.4, -0.2) is 26.7 Å². The quantitative estimate of drug-likeness (QED) is 0.935. The van der Waals surface area contributed by atoms with Crippen LogP contribution in [0.2, 0.25) is 0 Å². The number of hydrogen-bond acceptors (Lipinski definition) is 3. The summed E-state index contributed by atoms with van der Waals surface area (Å²) in [6.45, 7) is 2.12. The summed E-state index contributed by atoms with van der Waals surface area (Å²) in [6, 6.07) is 6.04. The second-order valence-electron chi connectivity index (χ2n) is 3.61. The number of aliphatic hydroxyl groups is 1. The molecule has 2 aromatic rings. The molecule has 0 radical (unpaired) electrons. The molecule has 0 saturated carbocycles. The minimum Gasteiger partial charge on any atom is -0.396 e. The molecule has 0 spiro atoms. The van der Waals surface area contributed by atoms with Crippen LogP contribution in [0.4, 0.5) is 0 Å². The van der Waals surface area contributed by atoms with Gasteiger partial charge >= 0.3 is 0 Å². The standard InChI is InChI=1S/C11H12BrN3O/c1-8-4-9(12)6-11(5-8)15-7-10(2-3-16)13-14-15/h4-7,16H,2-3H2,1H3. The maximum Gasteiger partial charge on any atom is 0.0854 e. The number of nitrogens with zero attached hydrogens (tertiary/aromatic N) is 3. The van der Waals surface area contributed by atoms with Gasteiger partial charge in [-0.2, -0.15) is 0 Å². The van der Waals surface area contributed by atoms with E-state index in [0.29, 0.717) is 6.42 Å². The van der Waals surface area contributed by atoms with Crippen molar-refractivity contribution >= 4 is 15.9 Å². The van der Waals surface area contributed by atoms with Crippen molar-refractivity contribution in [3.63, 3.8) is 0 Å². The lowest BCUT2D eigenvalue weighted by Gasteiger charge is -2.02. The number of hydrogen-bond donors (Lipinski definition) is 1. The maximum absolute atomic E-state index is 8.80. The average Bonchev–Trinajstić information content (AvgIpc) is 2.65. The highest BCUT2D eigenvalue weighted by atomic mass is 79.9. The summed E-state index contributed by atoms with van der Waals surface area (Å²) in [5.41, 5.74) is 2.91. The molecule has 2 rings (SSSR count). The SMILES string of the molecule is Cc1cc(Br)cc(-n2cc(CCO)nn2)c1. The molecule has 0 unspecified atom stereocenters. The van der Waals surface area contributed by atoms with Crippen LogP contribution in [0.3, 0.4) is 0 Å². The van der Waals surface area contributed by atoms with Crippen LogP contribution in [-0.2, 0) is 6.42 Å². The summed E-state index contributed by atoms with van der Waals surface area (Å²) in [5.74, 6) is 0. The van der Waals surface area contributed by atoms with Crippen LogP contribution < -0.4 is 0 Å². The van der Waals surface area contributed by atoms with Crippen molar-refractivity contribution in [3.05, 3.63) is 40.1 Å².